The van der Waals surface area contributed by atoms with Crippen molar-refractivity contribution in [1.29, 1.82) is 0 Å². The Balaban J connectivity index is 1.48. The number of carbonyl (C=O) groups excluding carboxylic acids is 1. The maximum absolute atomic E-state index is 14.2. The van der Waals surface area contributed by atoms with Gasteiger partial charge in [-0.15, -0.1) is 0 Å². The predicted octanol–water partition coefficient (Wildman–Crippen LogP) is 3.51. The van der Waals surface area contributed by atoms with E-state index in [9.17, 15) is 9.59 Å². The molecule has 200 valence electrons. The number of hydrogen-bond donors (Lipinski definition) is 2. The molecule has 0 radical (unpaired) electrons. The quantitative estimate of drug-likeness (QED) is 0.327. The van der Waals surface area contributed by atoms with Gasteiger partial charge in [-0.1, -0.05) is 42.3 Å². The van der Waals surface area contributed by atoms with Gasteiger partial charge in [-0.05, 0) is 42.7 Å². The molecule has 1 aromatic carbocycles. The van der Waals surface area contributed by atoms with Gasteiger partial charge in [-0.3, -0.25) is 23.7 Å². The molecule has 10 nitrogen and oxygen atoms in total. The summed E-state index contributed by atoms with van der Waals surface area (Å²) in [5.74, 6) is 5.74. The molecule has 0 spiro atoms. The van der Waals surface area contributed by atoms with Crippen molar-refractivity contribution >= 4 is 28.3 Å². The molecule has 0 saturated carbocycles. The Morgan fingerprint density at radius 2 is 1.83 bits per heavy atom. The summed E-state index contributed by atoms with van der Waals surface area (Å²) in [6.45, 7) is 1.77. The number of anilines is 1. The van der Waals surface area contributed by atoms with E-state index in [1.54, 1.807) is 60.7 Å². The summed E-state index contributed by atoms with van der Waals surface area (Å²) in [5, 5.41) is 7.80. The van der Waals surface area contributed by atoms with E-state index in [1.807, 2.05) is 43.4 Å². The van der Waals surface area contributed by atoms with Crippen molar-refractivity contribution < 1.29 is 4.79 Å². The average Bonchev–Trinajstić information content (AvgIpc) is 3.40. The second kappa shape index (κ2) is 10.4. The molecule has 0 bridgehead atoms. The van der Waals surface area contributed by atoms with Crippen LogP contribution < -0.4 is 16.6 Å². The van der Waals surface area contributed by atoms with Crippen molar-refractivity contribution in [3.05, 3.63) is 118 Å². The Morgan fingerprint density at radius 1 is 1.00 bits per heavy atom. The Morgan fingerprint density at radius 3 is 2.61 bits per heavy atom. The number of rotatable bonds is 4. The molecule has 0 aliphatic rings. The molecular formula is C31H24N8O2. The number of carbonyl (C=O) groups is 1. The van der Waals surface area contributed by atoms with Gasteiger partial charge in [0.1, 0.15) is 22.7 Å². The van der Waals surface area contributed by atoms with Gasteiger partial charge in [0.25, 0.3) is 11.5 Å². The van der Waals surface area contributed by atoms with Crippen LogP contribution in [-0.4, -0.2) is 35.0 Å². The van der Waals surface area contributed by atoms with Gasteiger partial charge >= 0.3 is 0 Å². The molecule has 6 aromatic rings. The van der Waals surface area contributed by atoms with E-state index in [-0.39, 0.29) is 16.9 Å². The molecule has 41 heavy (non-hydrogen) atoms. The molecule has 0 fully saturated rings. The molecule has 0 aliphatic heterocycles. The first kappa shape index (κ1) is 25.5. The first-order valence-corrected chi connectivity index (χ1v) is 12.8. The Hall–Kier alpha value is -5.82. The normalized spacial score (nSPS) is 11.7. The Kier molecular flexibility index (Phi) is 6.45. The molecule has 0 aliphatic carbocycles. The maximum atomic E-state index is 14.2. The molecule has 5 heterocycles. The fourth-order valence-corrected chi connectivity index (χ4v) is 4.73. The fourth-order valence-electron chi connectivity index (χ4n) is 4.73. The van der Waals surface area contributed by atoms with E-state index >= 15 is 0 Å². The molecule has 10 heteroatoms. The van der Waals surface area contributed by atoms with Crippen LogP contribution >= 0.6 is 0 Å². The highest BCUT2D eigenvalue weighted by Gasteiger charge is 2.24. The van der Waals surface area contributed by atoms with E-state index in [0.717, 1.165) is 5.56 Å². The summed E-state index contributed by atoms with van der Waals surface area (Å²) in [7, 11) is 1.81. The first-order valence-electron chi connectivity index (χ1n) is 12.8. The van der Waals surface area contributed by atoms with Gasteiger partial charge in [0.05, 0.1) is 34.6 Å². The number of nitrogens with zero attached hydrogens (tertiary/aromatic N) is 6. The second-order valence-electron chi connectivity index (χ2n) is 9.46. The van der Waals surface area contributed by atoms with Gasteiger partial charge in [0.2, 0.25) is 0 Å². The number of aromatic nitrogens is 6. The fraction of sp³-hybridized carbons (Fsp3) is 0.0968. The van der Waals surface area contributed by atoms with Crippen molar-refractivity contribution in [1.82, 2.24) is 34.4 Å². The molecular weight excluding hydrogens is 516 g/mol. The van der Waals surface area contributed by atoms with Crippen LogP contribution in [0.3, 0.4) is 0 Å². The number of fused-ring (bicyclic) bond motifs is 2. The third kappa shape index (κ3) is 4.77. The minimum atomic E-state index is -0.668. The highest BCUT2D eigenvalue weighted by molar-refractivity contribution is 6.09. The van der Waals surface area contributed by atoms with Crippen LogP contribution in [0.2, 0.25) is 0 Å². The third-order valence-electron chi connectivity index (χ3n) is 6.64. The van der Waals surface area contributed by atoms with Crippen molar-refractivity contribution in [2.75, 3.05) is 5.73 Å². The van der Waals surface area contributed by atoms with Crippen LogP contribution in [0.15, 0.2) is 90.2 Å². The van der Waals surface area contributed by atoms with Crippen LogP contribution in [0, 0.1) is 11.8 Å². The van der Waals surface area contributed by atoms with Gasteiger partial charge in [0, 0.05) is 31.0 Å². The van der Waals surface area contributed by atoms with Crippen molar-refractivity contribution in [2.24, 2.45) is 7.05 Å². The summed E-state index contributed by atoms with van der Waals surface area (Å²) in [6, 6.07) is 17.4. The van der Waals surface area contributed by atoms with Crippen LogP contribution in [0.5, 0.6) is 0 Å². The van der Waals surface area contributed by atoms with Crippen LogP contribution in [-0.2, 0) is 7.05 Å². The van der Waals surface area contributed by atoms with Crippen molar-refractivity contribution in [3.8, 4) is 23.0 Å². The van der Waals surface area contributed by atoms with Crippen LogP contribution in [0.25, 0.3) is 27.7 Å². The first-order chi connectivity index (χ1) is 19.9. The maximum Gasteiger partial charge on any atom is 0.267 e. The van der Waals surface area contributed by atoms with E-state index in [2.05, 4.69) is 32.2 Å². The lowest BCUT2D eigenvalue weighted by Crippen LogP contribution is -2.31. The minimum Gasteiger partial charge on any atom is -0.383 e. The standard InChI is InChI=1S/C31H24N8O2/c1-19(36-30(40)26-28-22(10-7-15-33-28)17-34-29(26)32)27-25(21-8-4-3-5-9-21)31(41)39-23(11-6-12-24(39)37-27)14-13-20-16-35-38(2)18-20/h3-12,15-19H,1-2H3,(H2,32,34)(H,36,40)/t19-/m1/s1. The topological polar surface area (TPSA) is 133 Å². The number of nitrogens with one attached hydrogen (secondary N) is 1. The minimum absolute atomic E-state index is 0.0626. The highest BCUT2D eigenvalue weighted by Crippen LogP contribution is 2.26. The van der Waals surface area contributed by atoms with E-state index < -0.39 is 11.9 Å². The summed E-state index contributed by atoms with van der Waals surface area (Å²) in [4.78, 5) is 41.1. The average molecular weight is 541 g/mol. The second-order valence-corrected chi connectivity index (χ2v) is 9.46. The molecule has 0 unspecified atom stereocenters. The number of amides is 1. The smallest absolute Gasteiger partial charge is 0.267 e. The molecule has 6 rings (SSSR count). The number of benzene rings is 1. The van der Waals surface area contributed by atoms with Gasteiger partial charge in [-0.2, -0.15) is 5.10 Å². The molecule has 1 atom stereocenters. The predicted molar refractivity (Wildman–Crippen MR) is 156 cm³/mol. The Labute approximate surface area is 234 Å². The van der Waals surface area contributed by atoms with Gasteiger partial charge in [-0.25, -0.2) is 9.97 Å². The van der Waals surface area contributed by atoms with Crippen LogP contribution in [0.4, 0.5) is 5.82 Å². The SMILES string of the molecule is C[C@@H](NC(=O)c1c(N)ncc2cccnc12)c1nc2cccc(C#Cc3cnn(C)c3)n2c(=O)c1-c1ccccc1. The summed E-state index contributed by atoms with van der Waals surface area (Å²) < 4.78 is 3.15. The summed E-state index contributed by atoms with van der Waals surface area (Å²) in [6.07, 6.45) is 6.62. The highest BCUT2D eigenvalue weighted by atomic mass is 16.2. The lowest BCUT2D eigenvalue weighted by Gasteiger charge is -2.19. The largest absolute Gasteiger partial charge is 0.383 e. The third-order valence-corrected chi connectivity index (χ3v) is 6.64. The van der Waals surface area contributed by atoms with E-state index in [0.29, 0.717) is 39.1 Å². The number of aryl methyl sites for hydroxylation is 1. The van der Waals surface area contributed by atoms with Crippen molar-refractivity contribution in [2.45, 2.75) is 13.0 Å². The van der Waals surface area contributed by atoms with Crippen molar-refractivity contribution in [3.63, 3.8) is 0 Å². The molecule has 5 aromatic heterocycles. The number of pyridine rings is 3. The number of nitrogens with two attached hydrogens (primary N) is 1. The van der Waals surface area contributed by atoms with Crippen LogP contribution in [0.1, 0.15) is 40.3 Å². The summed E-state index contributed by atoms with van der Waals surface area (Å²) in [5.41, 5.74) is 9.44. The number of nitrogen functional groups attached to an aromatic ring is 1. The van der Waals surface area contributed by atoms with E-state index in [4.69, 9.17) is 10.7 Å². The number of hydrogen-bond acceptors (Lipinski definition) is 7. The lowest BCUT2D eigenvalue weighted by molar-refractivity contribution is 0.0941. The molecule has 0 saturated heterocycles. The Bertz CT molecular complexity index is 2070. The molecule has 1 amide bonds. The zero-order chi connectivity index (χ0) is 28.5. The van der Waals surface area contributed by atoms with E-state index in [1.165, 1.54) is 4.40 Å². The summed E-state index contributed by atoms with van der Waals surface area (Å²) >= 11 is 0. The monoisotopic (exact) mass is 540 g/mol. The molecule has 3 N–H and O–H groups in total. The van der Waals surface area contributed by atoms with Gasteiger partial charge in [0.15, 0.2) is 0 Å². The lowest BCUT2D eigenvalue weighted by atomic mass is 10.0. The zero-order valence-electron chi connectivity index (χ0n) is 22.2. The zero-order valence-corrected chi connectivity index (χ0v) is 22.2. The van der Waals surface area contributed by atoms with Gasteiger partial charge < -0.3 is 11.1 Å².